The molecule has 0 saturated carbocycles. The Labute approximate surface area is 199 Å². The number of para-hydroxylation sites is 1. The molecule has 9 heteroatoms. The van der Waals surface area contributed by atoms with Gasteiger partial charge in [-0.1, -0.05) is 25.1 Å². The molecule has 0 bridgehead atoms. The van der Waals surface area contributed by atoms with E-state index in [1.807, 2.05) is 43.3 Å². The lowest BCUT2D eigenvalue weighted by Crippen LogP contribution is -2.11. The lowest BCUT2D eigenvalue weighted by atomic mass is 10.1. The molecule has 0 atom stereocenters. The number of aromatic nitrogens is 7. The largest absolute Gasteiger partial charge is 0.337 e. The van der Waals surface area contributed by atoms with Gasteiger partial charge in [-0.2, -0.15) is 5.10 Å². The number of benzene rings is 1. The third kappa shape index (κ3) is 3.71. The fourth-order valence-electron chi connectivity index (χ4n) is 4.23. The van der Waals surface area contributed by atoms with E-state index in [-0.39, 0.29) is 5.69 Å². The van der Waals surface area contributed by atoms with Crippen molar-refractivity contribution < 1.29 is 4.39 Å². The Hall–Kier alpha value is -4.50. The predicted molar refractivity (Wildman–Crippen MR) is 133 cm³/mol. The van der Waals surface area contributed by atoms with Crippen LogP contribution in [0, 0.1) is 5.82 Å². The molecule has 0 aliphatic carbocycles. The fourth-order valence-corrected chi connectivity index (χ4v) is 4.23. The molecule has 0 saturated heterocycles. The predicted octanol–water partition coefficient (Wildman–Crippen LogP) is 4.87. The number of H-pyrrole nitrogens is 2. The van der Waals surface area contributed by atoms with Gasteiger partial charge in [0.15, 0.2) is 11.6 Å². The van der Waals surface area contributed by atoms with Crippen LogP contribution in [0.1, 0.15) is 12.5 Å². The highest BCUT2D eigenvalue weighted by Gasteiger charge is 2.21. The number of nitrogens with one attached hydrogen (secondary N) is 3. The van der Waals surface area contributed by atoms with Crippen LogP contribution in [0.4, 0.5) is 4.39 Å². The van der Waals surface area contributed by atoms with Gasteiger partial charge >= 0.3 is 0 Å². The average Bonchev–Trinajstić information content (AvgIpc) is 3.53. The molecule has 0 aliphatic rings. The third-order valence-electron chi connectivity index (χ3n) is 5.90. The maximum Gasteiger partial charge on any atom is 0.161 e. The van der Waals surface area contributed by atoms with Gasteiger partial charge in [-0.15, -0.1) is 0 Å². The highest BCUT2D eigenvalue weighted by atomic mass is 19.1. The van der Waals surface area contributed by atoms with Crippen LogP contribution in [0.25, 0.3) is 55.8 Å². The summed E-state index contributed by atoms with van der Waals surface area (Å²) in [6.45, 7) is 3.52. The van der Waals surface area contributed by atoms with Crippen LogP contribution in [0.5, 0.6) is 0 Å². The molecule has 0 aliphatic heterocycles. The molecule has 8 nitrogen and oxygen atoms in total. The summed E-state index contributed by atoms with van der Waals surface area (Å²) in [4.78, 5) is 20.9. The van der Waals surface area contributed by atoms with Gasteiger partial charge in [0.2, 0.25) is 0 Å². The van der Waals surface area contributed by atoms with Gasteiger partial charge in [0.05, 0.1) is 28.1 Å². The van der Waals surface area contributed by atoms with Crippen LogP contribution in [-0.2, 0) is 6.54 Å². The highest BCUT2D eigenvalue weighted by Crippen LogP contribution is 2.34. The topological polar surface area (TPSA) is 108 Å². The maximum atomic E-state index is 15.9. The molecule has 0 spiro atoms. The van der Waals surface area contributed by atoms with Gasteiger partial charge in [0, 0.05) is 48.0 Å². The van der Waals surface area contributed by atoms with E-state index in [4.69, 9.17) is 4.98 Å². The number of nitrogens with zero attached hydrogens (tertiary/aromatic N) is 5. The van der Waals surface area contributed by atoms with E-state index in [0.29, 0.717) is 34.5 Å². The van der Waals surface area contributed by atoms with Crippen molar-refractivity contribution in [2.75, 3.05) is 6.54 Å². The molecule has 5 aromatic heterocycles. The Balaban J connectivity index is 1.48. The van der Waals surface area contributed by atoms with Crippen molar-refractivity contribution in [2.45, 2.75) is 13.5 Å². The minimum absolute atomic E-state index is 0.221. The highest BCUT2D eigenvalue weighted by molar-refractivity contribution is 5.98. The van der Waals surface area contributed by atoms with Crippen molar-refractivity contribution in [3.63, 3.8) is 0 Å². The number of halogens is 1. The van der Waals surface area contributed by atoms with Crippen molar-refractivity contribution in [1.82, 2.24) is 40.4 Å². The summed E-state index contributed by atoms with van der Waals surface area (Å²) in [5, 5.41) is 10.9. The first-order chi connectivity index (χ1) is 17.2. The zero-order valence-electron chi connectivity index (χ0n) is 18.9. The van der Waals surface area contributed by atoms with Crippen LogP contribution in [0.3, 0.4) is 0 Å². The molecule has 5 heterocycles. The van der Waals surface area contributed by atoms with Gasteiger partial charge < -0.3 is 10.3 Å². The standard InChI is InChI=1S/C26H21FN8/c1-2-28-10-15-9-17(13-30-11-15)23-22(27)21-20(14-31-23)34-35-25(21)26-32-19-7-3-6-18(24(19)33-26)16-5-4-8-29-12-16/h3-9,11-14,28H,2,10H2,1H3,(H,32,33)(H,34,35). The number of rotatable bonds is 6. The summed E-state index contributed by atoms with van der Waals surface area (Å²) < 4.78 is 15.9. The summed E-state index contributed by atoms with van der Waals surface area (Å²) in [6, 6.07) is 11.6. The lowest BCUT2D eigenvalue weighted by molar-refractivity contribution is 0.638. The van der Waals surface area contributed by atoms with E-state index in [1.165, 1.54) is 0 Å². The van der Waals surface area contributed by atoms with E-state index in [1.54, 1.807) is 31.0 Å². The maximum absolute atomic E-state index is 15.9. The summed E-state index contributed by atoms with van der Waals surface area (Å²) in [5.74, 6) is -0.000693. The van der Waals surface area contributed by atoms with Crippen molar-refractivity contribution in [2.24, 2.45) is 0 Å². The number of pyridine rings is 3. The SMILES string of the molecule is CCNCc1cncc(-c2ncc3[nH]nc(-c4nc5c(-c6cccnc6)cccc5[nH]4)c3c2F)c1. The first kappa shape index (κ1) is 21.1. The Morgan fingerprint density at radius 1 is 0.943 bits per heavy atom. The Morgan fingerprint density at radius 2 is 1.86 bits per heavy atom. The number of aromatic amines is 2. The minimum Gasteiger partial charge on any atom is -0.337 e. The fraction of sp³-hybridized carbons (Fsp3) is 0.115. The smallest absolute Gasteiger partial charge is 0.161 e. The minimum atomic E-state index is -0.471. The van der Waals surface area contributed by atoms with E-state index in [9.17, 15) is 0 Å². The third-order valence-corrected chi connectivity index (χ3v) is 5.90. The van der Waals surface area contributed by atoms with Gasteiger partial charge in [-0.25, -0.2) is 9.37 Å². The number of hydrogen-bond acceptors (Lipinski definition) is 6. The van der Waals surface area contributed by atoms with Crippen molar-refractivity contribution in [1.29, 1.82) is 0 Å². The summed E-state index contributed by atoms with van der Waals surface area (Å²) >= 11 is 0. The second-order valence-corrected chi connectivity index (χ2v) is 8.17. The van der Waals surface area contributed by atoms with Gasteiger partial charge in [-0.3, -0.25) is 20.1 Å². The molecular weight excluding hydrogens is 443 g/mol. The lowest BCUT2D eigenvalue weighted by Gasteiger charge is -2.07. The molecule has 3 N–H and O–H groups in total. The molecule has 0 amide bonds. The molecule has 0 unspecified atom stereocenters. The zero-order chi connectivity index (χ0) is 23.8. The Morgan fingerprint density at radius 3 is 2.71 bits per heavy atom. The Kier molecular flexibility index (Phi) is 5.23. The van der Waals surface area contributed by atoms with E-state index < -0.39 is 5.82 Å². The summed E-state index contributed by atoms with van der Waals surface area (Å²) in [6.07, 6.45) is 8.50. The second kappa shape index (κ2) is 8.69. The molecule has 0 fully saturated rings. The molecule has 6 aromatic rings. The van der Waals surface area contributed by atoms with Gasteiger partial charge in [0.1, 0.15) is 11.4 Å². The van der Waals surface area contributed by atoms with Gasteiger partial charge in [0.25, 0.3) is 0 Å². The Bertz CT molecular complexity index is 1660. The van der Waals surface area contributed by atoms with Crippen LogP contribution < -0.4 is 5.32 Å². The van der Waals surface area contributed by atoms with E-state index in [2.05, 4.69) is 35.5 Å². The molecule has 1 aromatic carbocycles. The second-order valence-electron chi connectivity index (χ2n) is 8.17. The van der Waals surface area contributed by atoms with E-state index in [0.717, 1.165) is 34.3 Å². The molecule has 172 valence electrons. The summed E-state index contributed by atoms with van der Waals surface area (Å²) in [5.41, 5.74) is 6.15. The van der Waals surface area contributed by atoms with Crippen LogP contribution in [0.2, 0.25) is 0 Å². The van der Waals surface area contributed by atoms with E-state index >= 15 is 4.39 Å². The molecule has 6 rings (SSSR count). The van der Waals surface area contributed by atoms with Crippen LogP contribution in [-0.4, -0.2) is 41.7 Å². The van der Waals surface area contributed by atoms with Crippen LogP contribution >= 0.6 is 0 Å². The zero-order valence-corrected chi connectivity index (χ0v) is 18.9. The van der Waals surface area contributed by atoms with Crippen molar-refractivity contribution >= 4 is 21.9 Å². The van der Waals surface area contributed by atoms with Crippen molar-refractivity contribution in [3.8, 4) is 33.9 Å². The first-order valence-corrected chi connectivity index (χ1v) is 11.3. The monoisotopic (exact) mass is 464 g/mol. The molecule has 35 heavy (non-hydrogen) atoms. The number of fused-ring (bicyclic) bond motifs is 2. The average molecular weight is 465 g/mol. The van der Waals surface area contributed by atoms with Gasteiger partial charge in [-0.05, 0) is 30.3 Å². The quantitative estimate of drug-likeness (QED) is 0.324. The number of imidazole rings is 1. The first-order valence-electron chi connectivity index (χ1n) is 11.3. The molecular formula is C26H21FN8. The number of hydrogen-bond donors (Lipinski definition) is 3. The van der Waals surface area contributed by atoms with Crippen molar-refractivity contribution in [3.05, 3.63) is 78.8 Å². The molecule has 0 radical (unpaired) electrons. The van der Waals surface area contributed by atoms with Crippen LogP contribution in [0.15, 0.2) is 67.4 Å². The normalized spacial score (nSPS) is 11.5. The summed E-state index contributed by atoms with van der Waals surface area (Å²) in [7, 11) is 0.